The molecule has 0 saturated heterocycles. The SMILES string of the molecule is CNc1nc(C(=O)OC)ncc1C1=CC2(CCN1C(=O)OC(C)(C)C)CC(F)(F)C2. The number of alkyl halides is 2. The van der Waals surface area contributed by atoms with Gasteiger partial charge in [0, 0.05) is 38.0 Å². The zero-order chi connectivity index (χ0) is 22.3. The molecule has 0 atom stereocenters. The van der Waals surface area contributed by atoms with Gasteiger partial charge in [-0.1, -0.05) is 6.08 Å². The first-order valence-electron chi connectivity index (χ1n) is 9.63. The van der Waals surface area contributed by atoms with Crippen LogP contribution < -0.4 is 5.32 Å². The highest BCUT2D eigenvalue weighted by molar-refractivity contribution is 5.89. The zero-order valence-electron chi connectivity index (χ0n) is 17.7. The van der Waals surface area contributed by atoms with E-state index in [1.807, 2.05) is 0 Å². The van der Waals surface area contributed by atoms with Crippen LogP contribution in [0.3, 0.4) is 0 Å². The molecule has 1 aliphatic carbocycles. The number of hydrogen-bond acceptors (Lipinski definition) is 7. The topological polar surface area (TPSA) is 93.6 Å². The Morgan fingerprint density at radius 3 is 2.47 bits per heavy atom. The van der Waals surface area contributed by atoms with Crippen molar-refractivity contribution in [3.8, 4) is 0 Å². The molecule has 1 aromatic rings. The van der Waals surface area contributed by atoms with Crippen molar-refractivity contribution in [3.05, 3.63) is 23.7 Å². The third kappa shape index (κ3) is 4.36. The quantitative estimate of drug-likeness (QED) is 0.740. The van der Waals surface area contributed by atoms with Crippen molar-refractivity contribution in [1.82, 2.24) is 14.9 Å². The van der Waals surface area contributed by atoms with Crippen molar-refractivity contribution in [3.63, 3.8) is 0 Å². The molecule has 2 heterocycles. The van der Waals surface area contributed by atoms with Crippen molar-refractivity contribution in [1.29, 1.82) is 0 Å². The van der Waals surface area contributed by atoms with Crippen LogP contribution in [0.5, 0.6) is 0 Å². The summed E-state index contributed by atoms with van der Waals surface area (Å²) >= 11 is 0. The molecule has 1 aromatic heterocycles. The summed E-state index contributed by atoms with van der Waals surface area (Å²) in [5.74, 6) is -3.31. The standard InChI is InChI=1S/C20H26F2N4O4/c1-18(2,3)30-17(28)26-7-6-19(10-20(21,22)11-19)8-13(26)12-9-24-15(16(27)29-5)25-14(12)23-4/h8-9H,6-7,10-11H2,1-5H3,(H,23,24,25). The van der Waals surface area contributed by atoms with Gasteiger partial charge in [-0.25, -0.2) is 28.3 Å². The van der Waals surface area contributed by atoms with Gasteiger partial charge in [-0.3, -0.25) is 4.90 Å². The lowest BCUT2D eigenvalue weighted by Gasteiger charge is -2.49. The van der Waals surface area contributed by atoms with E-state index in [9.17, 15) is 18.4 Å². The van der Waals surface area contributed by atoms with E-state index in [0.717, 1.165) is 0 Å². The minimum atomic E-state index is -2.72. The number of hydrogen-bond donors (Lipinski definition) is 1. The van der Waals surface area contributed by atoms with Crippen molar-refractivity contribution in [2.75, 3.05) is 26.0 Å². The lowest BCUT2D eigenvalue weighted by atomic mass is 9.62. The largest absolute Gasteiger partial charge is 0.463 e. The monoisotopic (exact) mass is 424 g/mol. The predicted octanol–water partition coefficient (Wildman–Crippen LogP) is 3.70. The number of nitrogens with one attached hydrogen (secondary N) is 1. The molecular formula is C20H26F2N4O4. The molecule has 8 nitrogen and oxygen atoms in total. The molecule has 0 unspecified atom stereocenters. The Bertz CT molecular complexity index is 887. The molecule has 10 heteroatoms. The minimum Gasteiger partial charge on any atom is -0.463 e. The molecule has 30 heavy (non-hydrogen) atoms. The predicted molar refractivity (Wildman–Crippen MR) is 105 cm³/mol. The Morgan fingerprint density at radius 2 is 1.93 bits per heavy atom. The van der Waals surface area contributed by atoms with Gasteiger partial charge in [-0.05, 0) is 27.2 Å². The second-order valence-electron chi connectivity index (χ2n) is 8.68. The highest BCUT2D eigenvalue weighted by Crippen LogP contribution is 2.57. The van der Waals surface area contributed by atoms with Gasteiger partial charge in [0.2, 0.25) is 11.7 Å². The highest BCUT2D eigenvalue weighted by atomic mass is 19.3. The Balaban J connectivity index is 2.05. The Morgan fingerprint density at radius 1 is 1.27 bits per heavy atom. The number of anilines is 1. The molecule has 1 N–H and O–H groups in total. The van der Waals surface area contributed by atoms with E-state index >= 15 is 0 Å². The third-order valence-corrected chi connectivity index (χ3v) is 5.07. The Kier molecular flexibility index (Phi) is 5.46. The number of allylic oxidation sites excluding steroid dienone is 1. The highest BCUT2D eigenvalue weighted by Gasteiger charge is 2.57. The summed E-state index contributed by atoms with van der Waals surface area (Å²) in [7, 11) is 2.81. The van der Waals surface area contributed by atoms with Crippen LogP contribution in [0.15, 0.2) is 12.3 Å². The van der Waals surface area contributed by atoms with Gasteiger partial charge in [-0.15, -0.1) is 0 Å². The van der Waals surface area contributed by atoms with Gasteiger partial charge in [0.25, 0.3) is 0 Å². The van der Waals surface area contributed by atoms with E-state index in [-0.39, 0.29) is 31.0 Å². The average Bonchev–Trinajstić information content (AvgIpc) is 2.63. The van der Waals surface area contributed by atoms with Crippen molar-refractivity contribution < 1.29 is 27.8 Å². The lowest BCUT2D eigenvalue weighted by Crippen LogP contribution is -2.50. The second kappa shape index (κ2) is 7.48. The zero-order valence-corrected chi connectivity index (χ0v) is 17.7. The van der Waals surface area contributed by atoms with E-state index in [4.69, 9.17) is 4.74 Å². The van der Waals surface area contributed by atoms with Crippen LogP contribution in [0.2, 0.25) is 0 Å². The van der Waals surface area contributed by atoms with Crippen LogP contribution in [0.1, 0.15) is 56.2 Å². The molecule has 1 amide bonds. The summed E-state index contributed by atoms with van der Waals surface area (Å²) in [6.07, 6.45) is 2.33. The van der Waals surface area contributed by atoms with Crippen molar-refractivity contribution >= 4 is 23.6 Å². The van der Waals surface area contributed by atoms with Crippen molar-refractivity contribution in [2.45, 2.75) is 51.6 Å². The number of ether oxygens (including phenoxy) is 2. The first kappa shape index (κ1) is 21.9. The number of carbonyl (C=O) groups excluding carboxylic acids is 2. The average molecular weight is 424 g/mol. The Labute approximate surface area is 173 Å². The van der Waals surface area contributed by atoms with Crippen LogP contribution in [0.25, 0.3) is 5.70 Å². The first-order chi connectivity index (χ1) is 13.9. The normalized spacial score (nSPS) is 19.6. The van der Waals surface area contributed by atoms with Gasteiger partial charge in [0.05, 0.1) is 18.4 Å². The third-order valence-electron chi connectivity index (χ3n) is 5.07. The van der Waals surface area contributed by atoms with Gasteiger partial charge in [0.1, 0.15) is 11.4 Å². The number of halogens is 2. The molecule has 0 bridgehead atoms. The number of amides is 1. The molecule has 0 radical (unpaired) electrons. The van der Waals surface area contributed by atoms with Crippen LogP contribution in [-0.2, 0) is 9.47 Å². The second-order valence-corrected chi connectivity index (χ2v) is 8.68. The lowest BCUT2D eigenvalue weighted by molar-refractivity contribution is -0.146. The summed E-state index contributed by atoms with van der Waals surface area (Å²) in [6, 6.07) is 0. The maximum atomic E-state index is 13.7. The number of nitrogens with zero attached hydrogens (tertiary/aromatic N) is 3. The molecule has 1 saturated carbocycles. The number of aromatic nitrogens is 2. The van der Waals surface area contributed by atoms with E-state index in [2.05, 4.69) is 20.0 Å². The summed E-state index contributed by atoms with van der Waals surface area (Å²) in [4.78, 5) is 34.2. The molecular weight excluding hydrogens is 398 g/mol. The first-order valence-corrected chi connectivity index (χ1v) is 9.63. The molecule has 164 valence electrons. The van der Waals surface area contributed by atoms with Gasteiger partial charge >= 0.3 is 12.1 Å². The van der Waals surface area contributed by atoms with Crippen LogP contribution >= 0.6 is 0 Å². The molecule has 2 aliphatic rings. The van der Waals surface area contributed by atoms with Crippen LogP contribution in [0, 0.1) is 5.41 Å². The van der Waals surface area contributed by atoms with E-state index in [1.165, 1.54) is 18.2 Å². The fourth-order valence-electron chi connectivity index (χ4n) is 3.83. The number of rotatable bonds is 3. The van der Waals surface area contributed by atoms with Crippen LogP contribution in [0.4, 0.5) is 19.4 Å². The van der Waals surface area contributed by atoms with Gasteiger partial charge < -0.3 is 14.8 Å². The summed E-state index contributed by atoms with van der Waals surface area (Å²) in [5.41, 5.74) is -0.640. The molecule has 3 rings (SSSR count). The summed E-state index contributed by atoms with van der Waals surface area (Å²) < 4.78 is 37.5. The minimum absolute atomic E-state index is 0.157. The fraction of sp³-hybridized carbons (Fsp3) is 0.600. The maximum absolute atomic E-state index is 13.7. The molecule has 1 aliphatic heterocycles. The van der Waals surface area contributed by atoms with E-state index in [0.29, 0.717) is 17.7 Å². The van der Waals surface area contributed by atoms with E-state index < -0.39 is 29.0 Å². The fourth-order valence-corrected chi connectivity index (χ4v) is 3.83. The van der Waals surface area contributed by atoms with Gasteiger partial charge in [0.15, 0.2) is 0 Å². The van der Waals surface area contributed by atoms with Crippen molar-refractivity contribution in [2.24, 2.45) is 5.41 Å². The molecule has 1 spiro atoms. The number of carbonyl (C=O) groups is 2. The molecule has 0 aromatic carbocycles. The smallest absolute Gasteiger partial charge is 0.414 e. The maximum Gasteiger partial charge on any atom is 0.414 e. The number of methoxy groups -OCH3 is 1. The Hall–Kier alpha value is -2.78. The summed E-state index contributed by atoms with van der Waals surface area (Å²) in [5, 5.41) is 2.87. The summed E-state index contributed by atoms with van der Waals surface area (Å²) in [6.45, 7) is 5.47. The molecule has 1 fully saturated rings. The van der Waals surface area contributed by atoms with Crippen LogP contribution in [-0.4, -0.2) is 59.2 Å². The number of esters is 1. The van der Waals surface area contributed by atoms with E-state index in [1.54, 1.807) is 33.9 Å². The van der Waals surface area contributed by atoms with Gasteiger partial charge in [-0.2, -0.15) is 0 Å².